The molecule has 17 heteroatoms. The lowest BCUT2D eigenvalue weighted by atomic mass is 9.94. The van der Waals surface area contributed by atoms with E-state index < -0.39 is 12.1 Å². The van der Waals surface area contributed by atoms with Crippen LogP contribution in [0.2, 0.25) is 0 Å². The van der Waals surface area contributed by atoms with Gasteiger partial charge in [-0.1, -0.05) is 61.1 Å². The fourth-order valence-corrected chi connectivity index (χ4v) is 10.5. The number of aryl methyl sites for hydroxylation is 6. The molecule has 0 bridgehead atoms. The Bertz CT molecular complexity index is 2810. The molecule has 10 rings (SSSR count). The van der Waals surface area contributed by atoms with Crippen molar-refractivity contribution in [1.29, 1.82) is 0 Å². The van der Waals surface area contributed by atoms with E-state index in [1.807, 2.05) is 74.5 Å². The van der Waals surface area contributed by atoms with Crippen LogP contribution >= 0.6 is 22.7 Å². The van der Waals surface area contributed by atoms with Crippen LogP contribution in [0, 0.1) is 25.7 Å². The number of urea groups is 2. The molecule has 2 aliphatic carbocycles. The highest BCUT2D eigenvalue weighted by atomic mass is 32.1. The minimum absolute atomic E-state index is 0.0504. The Morgan fingerprint density at radius 2 is 1.07 bits per heavy atom. The number of hydrogen-bond donors (Lipinski definition) is 6. The molecular formula is C51H53N11O4S2. The lowest BCUT2D eigenvalue weighted by Gasteiger charge is -2.14. The van der Waals surface area contributed by atoms with Crippen molar-refractivity contribution < 1.29 is 19.2 Å². The van der Waals surface area contributed by atoms with Crippen LogP contribution in [0.15, 0.2) is 91.4 Å². The molecule has 68 heavy (non-hydrogen) atoms. The number of ketones is 2. The monoisotopic (exact) mass is 947 g/mol. The van der Waals surface area contributed by atoms with Crippen LogP contribution in [0.5, 0.6) is 0 Å². The van der Waals surface area contributed by atoms with E-state index >= 15 is 0 Å². The Morgan fingerprint density at radius 1 is 0.574 bits per heavy atom. The smallest absolute Gasteiger partial charge is 0.325 e. The number of hydrogen-bond acceptors (Lipinski definition) is 11. The molecule has 0 radical (unpaired) electrons. The highest BCUT2D eigenvalue weighted by molar-refractivity contribution is 7.16. The van der Waals surface area contributed by atoms with Crippen molar-refractivity contribution in [3.63, 3.8) is 0 Å². The van der Waals surface area contributed by atoms with Crippen LogP contribution in [0.1, 0.15) is 105 Å². The van der Waals surface area contributed by atoms with E-state index in [0.29, 0.717) is 38.4 Å². The number of anilines is 4. The predicted octanol–water partition coefficient (Wildman–Crippen LogP) is 11.7. The molecular weight excluding hydrogens is 895 g/mol. The van der Waals surface area contributed by atoms with Crippen LogP contribution in [-0.2, 0) is 25.7 Å². The van der Waals surface area contributed by atoms with E-state index in [2.05, 4.69) is 56.2 Å². The maximum atomic E-state index is 13.0. The summed E-state index contributed by atoms with van der Waals surface area (Å²) < 4.78 is 0. The molecule has 5 heterocycles. The summed E-state index contributed by atoms with van der Waals surface area (Å²) in [6, 6.07) is 22.1. The molecule has 2 fully saturated rings. The third-order valence-corrected chi connectivity index (χ3v) is 14.3. The van der Waals surface area contributed by atoms with Crippen molar-refractivity contribution >= 4 is 90.1 Å². The average Bonchev–Trinajstić information content (AvgIpc) is 4.20. The van der Waals surface area contributed by atoms with Gasteiger partial charge in [-0.2, -0.15) is 0 Å². The lowest BCUT2D eigenvalue weighted by Crippen LogP contribution is -2.22. The Kier molecular flexibility index (Phi) is 14.4. The third kappa shape index (κ3) is 11.5. The zero-order valence-electron chi connectivity index (χ0n) is 38.0. The van der Waals surface area contributed by atoms with Crippen LogP contribution in [0.3, 0.4) is 0 Å². The summed E-state index contributed by atoms with van der Waals surface area (Å²) in [4.78, 5) is 82.1. The molecule has 6 N–H and O–H groups in total. The number of rotatable bonds is 14. The van der Waals surface area contributed by atoms with Gasteiger partial charge in [-0.05, 0) is 101 Å². The number of benzene rings is 3. The maximum absolute atomic E-state index is 13.0. The second kappa shape index (κ2) is 21.2. The first-order valence-corrected chi connectivity index (χ1v) is 24.8. The number of amides is 4. The first-order chi connectivity index (χ1) is 33.1. The molecule has 15 nitrogen and oxygen atoms in total. The quantitative estimate of drug-likeness (QED) is 0.0572. The van der Waals surface area contributed by atoms with Gasteiger partial charge in [-0.3, -0.25) is 20.2 Å². The van der Waals surface area contributed by atoms with E-state index in [1.165, 1.54) is 22.7 Å². The number of Topliss-reactive ketones (excluding diaryl/α,β-unsaturated/α-hetero) is 2. The van der Waals surface area contributed by atoms with E-state index in [-0.39, 0.29) is 23.4 Å². The van der Waals surface area contributed by atoms with Gasteiger partial charge in [0.1, 0.15) is 11.6 Å². The average molecular weight is 948 g/mol. The summed E-state index contributed by atoms with van der Waals surface area (Å²) in [7, 11) is 0. The number of nitrogens with zero attached hydrogens (tertiary/aromatic N) is 5. The molecule has 0 spiro atoms. The van der Waals surface area contributed by atoms with Crippen LogP contribution in [0.25, 0.3) is 22.2 Å². The lowest BCUT2D eigenvalue weighted by molar-refractivity contribution is 0.0916. The number of aromatic nitrogens is 7. The summed E-state index contributed by atoms with van der Waals surface area (Å²) >= 11 is 2.86. The van der Waals surface area contributed by atoms with Gasteiger partial charge in [0.05, 0.1) is 27.9 Å². The Hall–Kier alpha value is -7.11. The van der Waals surface area contributed by atoms with Crippen LogP contribution in [-0.4, -0.2) is 58.5 Å². The molecule has 3 aromatic carbocycles. The SMILES string of the molecule is Cc1ccc(NC(=O)Nc2ncc(CCc3nc4ccccc4[nH]3)s2)c(C(=O)C2CCCC2)c1.Cc1ccc(NC(=O)Nc2ncc(CCc3nc4ncccc4[nH]3)s2)c(C(=O)C2CCCC2)c1. The largest absolute Gasteiger partial charge is 0.342 e. The van der Waals surface area contributed by atoms with Gasteiger partial charge >= 0.3 is 12.1 Å². The van der Waals surface area contributed by atoms with Gasteiger partial charge in [0.25, 0.3) is 0 Å². The number of pyridine rings is 1. The second-order valence-electron chi connectivity index (χ2n) is 17.5. The Labute approximate surface area is 401 Å². The zero-order chi connectivity index (χ0) is 47.0. The second-order valence-corrected chi connectivity index (χ2v) is 19.7. The minimum atomic E-state index is -0.409. The number of thiazole rings is 2. The van der Waals surface area contributed by atoms with Crippen molar-refractivity contribution in [2.75, 3.05) is 21.3 Å². The van der Waals surface area contributed by atoms with Crippen LogP contribution in [0.4, 0.5) is 31.2 Å². The highest BCUT2D eigenvalue weighted by Crippen LogP contribution is 2.33. The van der Waals surface area contributed by atoms with Crippen molar-refractivity contribution in [3.8, 4) is 0 Å². The Balaban J connectivity index is 0.000000170. The summed E-state index contributed by atoms with van der Waals surface area (Å²) in [6.45, 7) is 3.91. The molecule has 8 aromatic rings. The predicted molar refractivity (Wildman–Crippen MR) is 269 cm³/mol. The zero-order valence-corrected chi connectivity index (χ0v) is 39.6. The van der Waals surface area contributed by atoms with Gasteiger partial charge in [-0.15, -0.1) is 22.7 Å². The molecule has 2 aliphatic rings. The van der Waals surface area contributed by atoms with Crippen LogP contribution < -0.4 is 21.3 Å². The van der Waals surface area contributed by atoms with E-state index in [4.69, 9.17) is 0 Å². The number of imidazole rings is 2. The van der Waals surface area contributed by atoms with E-state index in [0.717, 1.165) is 126 Å². The van der Waals surface area contributed by atoms with Gasteiger partial charge in [0.2, 0.25) is 0 Å². The summed E-state index contributed by atoms with van der Waals surface area (Å²) in [5, 5.41) is 12.3. The van der Waals surface area contributed by atoms with E-state index in [1.54, 1.807) is 30.7 Å². The molecule has 0 aliphatic heterocycles. The number of nitrogens with one attached hydrogen (secondary N) is 6. The third-order valence-electron chi connectivity index (χ3n) is 12.3. The normalized spacial score (nSPS) is 13.9. The summed E-state index contributed by atoms with van der Waals surface area (Å²) in [6.07, 6.45) is 16.3. The number of carbonyl (C=O) groups is 4. The van der Waals surface area contributed by atoms with E-state index in [9.17, 15) is 19.2 Å². The van der Waals surface area contributed by atoms with Crippen molar-refractivity contribution in [1.82, 2.24) is 34.9 Å². The number of fused-ring (bicyclic) bond motifs is 2. The van der Waals surface area contributed by atoms with Crippen molar-refractivity contribution in [2.45, 2.75) is 90.9 Å². The topological polar surface area (TPSA) is 212 Å². The molecule has 5 aromatic heterocycles. The summed E-state index contributed by atoms with van der Waals surface area (Å²) in [5.41, 5.74) is 7.88. The fourth-order valence-electron chi connectivity index (χ4n) is 8.84. The Morgan fingerprint density at radius 3 is 1.60 bits per heavy atom. The highest BCUT2D eigenvalue weighted by Gasteiger charge is 2.28. The number of H-pyrrole nitrogens is 2. The first kappa shape index (κ1) is 46.0. The molecule has 0 unspecified atom stereocenters. The number of aromatic amines is 2. The standard InChI is InChI=1S/C26H27N5O2S.C25H26N6O2S/c1-16-10-12-20(19(14-16)24(32)17-6-2-3-7-17)30-25(33)31-26-27-15-18(34-26)11-13-23-28-21-8-4-5-9-22(21)29-23;1-15-8-10-19(18(13-15)22(32)16-5-2-3-6-16)29-24(33)31-25-27-14-17(34-25)9-11-21-28-20-7-4-12-26-23(20)30-21/h4-5,8-10,12,14-15,17H,2-3,6-7,11,13H2,1H3,(H,28,29)(H2,27,30,31,33);4,7-8,10,12-14,16H,2-3,5-6,9,11H2,1H3,(H,26,28,30)(H2,27,29,31,33). The van der Waals surface area contributed by atoms with Gasteiger partial charge in [0.15, 0.2) is 27.5 Å². The van der Waals surface area contributed by atoms with Gasteiger partial charge < -0.3 is 20.6 Å². The number of para-hydroxylation sites is 2. The molecule has 0 saturated heterocycles. The molecule has 348 valence electrons. The molecule has 0 atom stereocenters. The maximum Gasteiger partial charge on any atom is 0.325 e. The molecule has 4 amide bonds. The first-order valence-electron chi connectivity index (χ1n) is 23.2. The van der Waals surface area contributed by atoms with Gasteiger partial charge in [0, 0.05) is 64.1 Å². The minimum Gasteiger partial charge on any atom is -0.342 e. The van der Waals surface area contributed by atoms with Crippen molar-refractivity contribution in [3.05, 3.63) is 135 Å². The number of carbonyl (C=O) groups excluding carboxylic acids is 4. The molecule has 2 saturated carbocycles. The summed E-state index contributed by atoms with van der Waals surface area (Å²) in [5.74, 6) is 2.15. The fraction of sp³-hybridized carbons (Fsp3) is 0.314. The van der Waals surface area contributed by atoms with Gasteiger partial charge in [-0.25, -0.2) is 34.5 Å². The van der Waals surface area contributed by atoms with Crippen molar-refractivity contribution in [2.24, 2.45) is 11.8 Å².